The second kappa shape index (κ2) is 6.26. The van der Waals surface area contributed by atoms with Crippen molar-refractivity contribution < 1.29 is 4.79 Å². The van der Waals surface area contributed by atoms with Gasteiger partial charge in [-0.2, -0.15) is 10.2 Å². The van der Waals surface area contributed by atoms with Crippen molar-refractivity contribution in [1.29, 1.82) is 0 Å². The Kier molecular flexibility index (Phi) is 4.00. The molecule has 0 atom stereocenters. The van der Waals surface area contributed by atoms with E-state index in [1.807, 2.05) is 29.1 Å². The average Bonchev–Trinajstić information content (AvgIpc) is 3.15. The molecular weight excluding hydrogens is 278 g/mol. The maximum Gasteiger partial charge on any atom is 0.276 e. The van der Waals surface area contributed by atoms with Gasteiger partial charge in [-0.05, 0) is 18.1 Å². The van der Waals surface area contributed by atoms with E-state index in [0.717, 1.165) is 13.0 Å². The molecule has 0 saturated heterocycles. The topological polar surface area (TPSA) is 64.7 Å². The van der Waals surface area contributed by atoms with Crippen molar-refractivity contribution in [3.8, 4) is 0 Å². The van der Waals surface area contributed by atoms with Crippen LogP contribution in [0.3, 0.4) is 0 Å². The molecule has 6 heteroatoms. The minimum Gasteiger partial charge on any atom is -0.318 e. The van der Waals surface area contributed by atoms with Gasteiger partial charge in [0.25, 0.3) is 5.91 Å². The number of carbonyl (C=O) groups excluding carboxylic acids is 1. The molecule has 22 heavy (non-hydrogen) atoms. The smallest absolute Gasteiger partial charge is 0.276 e. The molecule has 3 aromatic rings. The first-order chi connectivity index (χ1) is 10.7. The lowest BCUT2D eigenvalue weighted by molar-refractivity contribution is 0.102. The number of hydrogen-bond donors (Lipinski definition) is 1. The second-order valence-corrected chi connectivity index (χ2v) is 5.06. The van der Waals surface area contributed by atoms with Crippen LogP contribution in [0.5, 0.6) is 0 Å². The molecule has 2 aromatic heterocycles. The van der Waals surface area contributed by atoms with Crippen LogP contribution in [0.15, 0.2) is 55.0 Å². The zero-order valence-corrected chi connectivity index (χ0v) is 12.3. The Bertz CT molecular complexity index is 760. The number of aryl methyl sites for hydroxylation is 3. The van der Waals surface area contributed by atoms with Crippen LogP contribution in [0, 0.1) is 0 Å². The van der Waals surface area contributed by atoms with Gasteiger partial charge in [0, 0.05) is 26.0 Å². The van der Waals surface area contributed by atoms with Crippen molar-refractivity contribution in [2.24, 2.45) is 7.05 Å². The van der Waals surface area contributed by atoms with Crippen LogP contribution >= 0.6 is 0 Å². The monoisotopic (exact) mass is 295 g/mol. The predicted octanol–water partition coefficient (Wildman–Crippen LogP) is 2.11. The minimum absolute atomic E-state index is 0.233. The van der Waals surface area contributed by atoms with Gasteiger partial charge in [0.1, 0.15) is 0 Å². The molecular formula is C16H17N5O. The summed E-state index contributed by atoms with van der Waals surface area (Å²) in [6, 6.07) is 11.9. The van der Waals surface area contributed by atoms with Crippen LogP contribution in [-0.4, -0.2) is 25.5 Å². The van der Waals surface area contributed by atoms with E-state index in [1.165, 1.54) is 5.56 Å². The Morgan fingerprint density at radius 1 is 1.23 bits per heavy atom. The summed E-state index contributed by atoms with van der Waals surface area (Å²) in [5.74, 6) is -0.233. The summed E-state index contributed by atoms with van der Waals surface area (Å²) in [7, 11) is 1.78. The number of nitrogens with zero attached hydrogens (tertiary/aromatic N) is 4. The van der Waals surface area contributed by atoms with Gasteiger partial charge in [0.15, 0.2) is 5.69 Å². The first-order valence-electron chi connectivity index (χ1n) is 7.08. The Hall–Kier alpha value is -2.89. The summed E-state index contributed by atoms with van der Waals surface area (Å²) < 4.78 is 3.42. The molecule has 0 aliphatic carbocycles. The molecule has 0 unspecified atom stereocenters. The van der Waals surface area contributed by atoms with Crippen LogP contribution in [-0.2, 0) is 20.0 Å². The molecule has 0 bridgehead atoms. The molecule has 1 N–H and O–H groups in total. The first kappa shape index (κ1) is 14.1. The summed E-state index contributed by atoms with van der Waals surface area (Å²) in [5, 5.41) is 11.1. The molecule has 0 spiro atoms. The van der Waals surface area contributed by atoms with Crippen LogP contribution in [0.1, 0.15) is 16.1 Å². The van der Waals surface area contributed by atoms with Gasteiger partial charge in [0.05, 0.1) is 11.9 Å². The average molecular weight is 295 g/mol. The number of hydrogen-bond acceptors (Lipinski definition) is 3. The normalized spacial score (nSPS) is 10.6. The van der Waals surface area contributed by atoms with Crippen LogP contribution in [0.4, 0.5) is 5.69 Å². The molecule has 0 aliphatic heterocycles. The molecule has 0 saturated carbocycles. The number of aromatic nitrogens is 4. The fourth-order valence-corrected chi connectivity index (χ4v) is 2.17. The number of rotatable bonds is 5. The minimum atomic E-state index is -0.233. The molecule has 0 aliphatic rings. The van der Waals surface area contributed by atoms with E-state index in [2.05, 4.69) is 27.6 Å². The lowest BCUT2D eigenvalue weighted by atomic mass is 10.1. The highest BCUT2D eigenvalue weighted by molar-refractivity contribution is 6.02. The van der Waals surface area contributed by atoms with E-state index < -0.39 is 0 Å². The molecule has 6 nitrogen and oxygen atoms in total. The molecule has 0 radical (unpaired) electrons. The van der Waals surface area contributed by atoms with E-state index in [1.54, 1.807) is 30.2 Å². The fourth-order valence-electron chi connectivity index (χ4n) is 2.17. The van der Waals surface area contributed by atoms with Crippen LogP contribution < -0.4 is 5.32 Å². The molecule has 112 valence electrons. The Morgan fingerprint density at radius 2 is 2.05 bits per heavy atom. The van der Waals surface area contributed by atoms with Gasteiger partial charge in [0.2, 0.25) is 0 Å². The third-order valence-corrected chi connectivity index (χ3v) is 3.31. The Balaban J connectivity index is 1.58. The zero-order valence-electron chi connectivity index (χ0n) is 12.3. The van der Waals surface area contributed by atoms with Crippen molar-refractivity contribution in [2.75, 3.05) is 5.32 Å². The SMILES string of the molecule is Cn1ccc(C(=O)Nc2cnn(CCc3ccccc3)c2)n1. The van der Waals surface area contributed by atoms with Crippen LogP contribution in [0.2, 0.25) is 0 Å². The molecule has 3 rings (SSSR count). The Labute approximate surface area is 128 Å². The molecule has 2 heterocycles. The third kappa shape index (κ3) is 3.41. The lowest BCUT2D eigenvalue weighted by Gasteiger charge is -2.02. The molecule has 1 aromatic carbocycles. The van der Waals surface area contributed by atoms with Gasteiger partial charge in [-0.1, -0.05) is 30.3 Å². The zero-order chi connectivity index (χ0) is 15.4. The molecule has 0 fully saturated rings. The highest BCUT2D eigenvalue weighted by Crippen LogP contribution is 2.08. The van der Waals surface area contributed by atoms with Crippen molar-refractivity contribution >= 4 is 11.6 Å². The van der Waals surface area contributed by atoms with E-state index in [9.17, 15) is 4.79 Å². The highest BCUT2D eigenvalue weighted by Gasteiger charge is 2.10. The van der Waals surface area contributed by atoms with Crippen LogP contribution in [0.25, 0.3) is 0 Å². The van der Waals surface area contributed by atoms with Crippen molar-refractivity contribution in [3.05, 3.63) is 66.2 Å². The number of nitrogens with one attached hydrogen (secondary N) is 1. The van der Waals surface area contributed by atoms with Gasteiger partial charge in [-0.15, -0.1) is 0 Å². The summed E-state index contributed by atoms with van der Waals surface area (Å²) in [6.45, 7) is 0.767. The lowest BCUT2D eigenvalue weighted by Crippen LogP contribution is -2.12. The Morgan fingerprint density at radius 3 is 2.77 bits per heavy atom. The van der Waals surface area contributed by atoms with E-state index in [0.29, 0.717) is 11.4 Å². The first-order valence-corrected chi connectivity index (χ1v) is 7.08. The van der Waals surface area contributed by atoms with Gasteiger partial charge >= 0.3 is 0 Å². The number of benzene rings is 1. The number of anilines is 1. The second-order valence-electron chi connectivity index (χ2n) is 5.06. The fraction of sp³-hybridized carbons (Fsp3) is 0.188. The van der Waals surface area contributed by atoms with E-state index in [-0.39, 0.29) is 5.91 Å². The summed E-state index contributed by atoms with van der Waals surface area (Å²) >= 11 is 0. The summed E-state index contributed by atoms with van der Waals surface area (Å²) in [5.41, 5.74) is 2.32. The summed E-state index contributed by atoms with van der Waals surface area (Å²) in [4.78, 5) is 12.0. The van der Waals surface area contributed by atoms with Crippen molar-refractivity contribution in [2.45, 2.75) is 13.0 Å². The predicted molar refractivity (Wildman–Crippen MR) is 83.5 cm³/mol. The van der Waals surface area contributed by atoms with Crippen molar-refractivity contribution in [3.63, 3.8) is 0 Å². The molecule has 1 amide bonds. The van der Waals surface area contributed by atoms with Gasteiger partial charge < -0.3 is 5.32 Å². The van der Waals surface area contributed by atoms with E-state index in [4.69, 9.17) is 0 Å². The highest BCUT2D eigenvalue weighted by atomic mass is 16.2. The standard InChI is InChI=1S/C16H17N5O/c1-20-9-8-15(19-20)16(22)18-14-11-17-21(12-14)10-7-13-5-3-2-4-6-13/h2-6,8-9,11-12H,7,10H2,1H3,(H,18,22). The maximum absolute atomic E-state index is 12.0. The number of amides is 1. The summed E-state index contributed by atoms with van der Waals surface area (Å²) in [6.07, 6.45) is 6.10. The van der Waals surface area contributed by atoms with Gasteiger partial charge in [-0.3, -0.25) is 14.2 Å². The van der Waals surface area contributed by atoms with Gasteiger partial charge in [-0.25, -0.2) is 0 Å². The van der Waals surface area contributed by atoms with Crippen molar-refractivity contribution in [1.82, 2.24) is 19.6 Å². The maximum atomic E-state index is 12.0. The third-order valence-electron chi connectivity index (χ3n) is 3.31. The number of carbonyl (C=O) groups is 1. The largest absolute Gasteiger partial charge is 0.318 e. The quantitative estimate of drug-likeness (QED) is 0.784. The van der Waals surface area contributed by atoms with E-state index >= 15 is 0 Å².